The van der Waals surface area contributed by atoms with Crippen molar-refractivity contribution in [3.05, 3.63) is 41.8 Å². The fourth-order valence-electron chi connectivity index (χ4n) is 3.18. The van der Waals surface area contributed by atoms with Gasteiger partial charge >= 0.3 is 0 Å². The molecular formula is C16H22N4O. The molecule has 5 heteroatoms. The van der Waals surface area contributed by atoms with E-state index in [9.17, 15) is 0 Å². The maximum Gasteiger partial charge on any atom is 0.232 e. The second kappa shape index (κ2) is 6.35. The van der Waals surface area contributed by atoms with Gasteiger partial charge in [0.05, 0.1) is 5.41 Å². The molecule has 112 valence electrons. The van der Waals surface area contributed by atoms with Crippen LogP contribution >= 0.6 is 0 Å². The van der Waals surface area contributed by atoms with Crippen molar-refractivity contribution in [2.24, 2.45) is 0 Å². The van der Waals surface area contributed by atoms with Gasteiger partial charge in [-0.1, -0.05) is 24.6 Å². The predicted octanol–water partition coefficient (Wildman–Crippen LogP) is 2.48. The summed E-state index contributed by atoms with van der Waals surface area (Å²) in [7, 11) is 0. The minimum atomic E-state index is 0.0696. The minimum absolute atomic E-state index is 0.0696. The first-order valence-corrected chi connectivity index (χ1v) is 7.75. The van der Waals surface area contributed by atoms with Crippen LogP contribution in [-0.4, -0.2) is 28.2 Å². The number of piperidine rings is 1. The average Bonchev–Trinajstić information content (AvgIpc) is 2.99. The van der Waals surface area contributed by atoms with Crippen LogP contribution in [0.1, 0.15) is 49.9 Å². The Bertz CT molecular complexity index is 555. The Morgan fingerprint density at radius 3 is 2.90 bits per heavy atom. The van der Waals surface area contributed by atoms with Gasteiger partial charge in [-0.05, 0) is 44.0 Å². The molecule has 0 aromatic carbocycles. The second-order valence-corrected chi connectivity index (χ2v) is 5.83. The zero-order chi connectivity index (χ0) is 14.5. The predicted molar refractivity (Wildman–Crippen MR) is 80.0 cm³/mol. The van der Waals surface area contributed by atoms with Crippen LogP contribution in [0.5, 0.6) is 0 Å². The second-order valence-electron chi connectivity index (χ2n) is 5.83. The molecule has 3 rings (SSSR count). The molecule has 1 fully saturated rings. The van der Waals surface area contributed by atoms with Gasteiger partial charge in [0.1, 0.15) is 0 Å². The first kappa shape index (κ1) is 14.2. The van der Waals surface area contributed by atoms with E-state index in [0.717, 1.165) is 56.1 Å². The lowest BCUT2D eigenvalue weighted by atomic mass is 9.75. The van der Waals surface area contributed by atoms with Crippen LogP contribution in [0.25, 0.3) is 0 Å². The normalized spacial score (nSPS) is 17.8. The molecule has 0 spiro atoms. The van der Waals surface area contributed by atoms with E-state index in [4.69, 9.17) is 4.52 Å². The summed E-state index contributed by atoms with van der Waals surface area (Å²) in [5, 5.41) is 7.60. The third-order valence-corrected chi connectivity index (χ3v) is 4.30. The highest BCUT2D eigenvalue weighted by atomic mass is 16.5. The summed E-state index contributed by atoms with van der Waals surface area (Å²) in [5.41, 5.74) is 1.18. The van der Waals surface area contributed by atoms with E-state index in [1.165, 1.54) is 0 Å². The van der Waals surface area contributed by atoms with Gasteiger partial charge in [0.15, 0.2) is 5.82 Å². The molecule has 3 heterocycles. The summed E-state index contributed by atoms with van der Waals surface area (Å²) in [6.45, 7) is 4.28. The van der Waals surface area contributed by atoms with Crippen molar-refractivity contribution in [3.63, 3.8) is 0 Å². The summed E-state index contributed by atoms with van der Waals surface area (Å²) < 4.78 is 5.62. The molecule has 0 saturated carbocycles. The SMILES string of the molecule is CCCC1(c2nc(Cc3cccnc3)no2)CCNCC1. The number of nitrogens with zero attached hydrogens (tertiary/aromatic N) is 3. The third-order valence-electron chi connectivity index (χ3n) is 4.30. The van der Waals surface area contributed by atoms with Crippen LogP contribution < -0.4 is 5.32 Å². The van der Waals surface area contributed by atoms with E-state index >= 15 is 0 Å². The summed E-state index contributed by atoms with van der Waals surface area (Å²) in [5.74, 6) is 1.58. The monoisotopic (exact) mass is 286 g/mol. The van der Waals surface area contributed by atoms with Crippen molar-refractivity contribution in [1.82, 2.24) is 20.4 Å². The van der Waals surface area contributed by atoms with Gasteiger partial charge in [-0.15, -0.1) is 0 Å². The number of hydrogen-bond acceptors (Lipinski definition) is 5. The Morgan fingerprint density at radius 1 is 1.33 bits per heavy atom. The van der Waals surface area contributed by atoms with Gasteiger partial charge in [0.2, 0.25) is 5.89 Å². The lowest BCUT2D eigenvalue weighted by molar-refractivity contribution is 0.208. The largest absolute Gasteiger partial charge is 0.339 e. The summed E-state index contributed by atoms with van der Waals surface area (Å²) in [6, 6.07) is 3.97. The Morgan fingerprint density at radius 2 is 2.19 bits per heavy atom. The molecule has 2 aromatic rings. The summed E-state index contributed by atoms with van der Waals surface area (Å²) in [4.78, 5) is 8.81. The number of rotatable bonds is 5. The first-order chi connectivity index (χ1) is 10.3. The van der Waals surface area contributed by atoms with E-state index in [1.54, 1.807) is 6.20 Å². The average molecular weight is 286 g/mol. The smallest absolute Gasteiger partial charge is 0.232 e. The van der Waals surface area contributed by atoms with Crippen molar-refractivity contribution < 1.29 is 4.52 Å². The molecule has 0 atom stereocenters. The van der Waals surface area contributed by atoms with Crippen LogP contribution in [-0.2, 0) is 11.8 Å². The molecule has 1 saturated heterocycles. The van der Waals surface area contributed by atoms with E-state index < -0.39 is 0 Å². The fourth-order valence-corrected chi connectivity index (χ4v) is 3.18. The lowest BCUT2D eigenvalue weighted by Crippen LogP contribution is -2.40. The molecular weight excluding hydrogens is 264 g/mol. The first-order valence-electron chi connectivity index (χ1n) is 7.75. The lowest BCUT2D eigenvalue weighted by Gasteiger charge is -2.34. The number of hydrogen-bond donors (Lipinski definition) is 1. The van der Waals surface area contributed by atoms with Crippen molar-refractivity contribution in [2.75, 3.05) is 13.1 Å². The van der Waals surface area contributed by atoms with E-state index in [2.05, 4.69) is 27.4 Å². The molecule has 1 N–H and O–H groups in total. The van der Waals surface area contributed by atoms with Gasteiger partial charge in [0.25, 0.3) is 0 Å². The topological polar surface area (TPSA) is 63.8 Å². The number of pyridine rings is 1. The zero-order valence-electron chi connectivity index (χ0n) is 12.5. The maximum atomic E-state index is 5.62. The van der Waals surface area contributed by atoms with Crippen molar-refractivity contribution in [2.45, 2.75) is 44.4 Å². The quantitative estimate of drug-likeness (QED) is 0.914. The standard InChI is InChI=1S/C16H22N4O/c1-2-5-16(6-9-17-10-7-16)15-19-14(20-21-15)11-13-4-3-8-18-12-13/h3-4,8,12,17H,2,5-7,9-11H2,1H3. The molecule has 0 amide bonds. The molecule has 0 unspecified atom stereocenters. The van der Waals surface area contributed by atoms with Crippen LogP contribution in [0.3, 0.4) is 0 Å². The Kier molecular flexibility index (Phi) is 4.29. The highest BCUT2D eigenvalue weighted by molar-refractivity contribution is 5.15. The molecule has 1 aliphatic heterocycles. The van der Waals surface area contributed by atoms with Gasteiger partial charge in [-0.3, -0.25) is 4.98 Å². The van der Waals surface area contributed by atoms with Gasteiger partial charge < -0.3 is 9.84 Å². The molecule has 0 aliphatic carbocycles. The highest BCUT2D eigenvalue weighted by Crippen LogP contribution is 2.36. The van der Waals surface area contributed by atoms with Gasteiger partial charge in [-0.2, -0.15) is 4.98 Å². The van der Waals surface area contributed by atoms with Crippen molar-refractivity contribution in [1.29, 1.82) is 0 Å². The number of aromatic nitrogens is 3. The van der Waals surface area contributed by atoms with Crippen molar-refractivity contribution in [3.8, 4) is 0 Å². The molecule has 1 aliphatic rings. The molecule has 21 heavy (non-hydrogen) atoms. The molecule has 0 bridgehead atoms. The highest BCUT2D eigenvalue weighted by Gasteiger charge is 2.38. The third kappa shape index (κ3) is 3.13. The fraction of sp³-hybridized carbons (Fsp3) is 0.562. The molecule has 5 nitrogen and oxygen atoms in total. The molecule has 2 aromatic heterocycles. The van der Waals surface area contributed by atoms with E-state index in [1.807, 2.05) is 18.3 Å². The van der Waals surface area contributed by atoms with Crippen LogP contribution in [0, 0.1) is 0 Å². The molecule has 0 radical (unpaired) electrons. The Labute approximate surface area is 125 Å². The van der Waals surface area contributed by atoms with Crippen LogP contribution in [0.2, 0.25) is 0 Å². The van der Waals surface area contributed by atoms with Crippen LogP contribution in [0.15, 0.2) is 29.0 Å². The zero-order valence-corrected chi connectivity index (χ0v) is 12.5. The van der Waals surface area contributed by atoms with Gasteiger partial charge in [-0.25, -0.2) is 0 Å². The minimum Gasteiger partial charge on any atom is -0.339 e. The van der Waals surface area contributed by atoms with Crippen LogP contribution in [0.4, 0.5) is 0 Å². The summed E-state index contributed by atoms with van der Waals surface area (Å²) in [6.07, 6.45) is 8.71. The Balaban J connectivity index is 1.79. The van der Waals surface area contributed by atoms with E-state index in [-0.39, 0.29) is 5.41 Å². The van der Waals surface area contributed by atoms with Gasteiger partial charge in [0, 0.05) is 18.8 Å². The van der Waals surface area contributed by atoms with E-state index in [0.29, 0.717) is 6.42 Å². The maximum absolute atomic E-state index is 5.62. The van der Waals surface area contributed by atoms with Crippen molar-refractivity contribution >= 4 is 0 Å². The Hall–Kier alpha value is -1.75. The number of nitrogens with one attached hydrogen (secondary N) is 1. The summed E-state index contributed by atoms with van der Waals surface area (Å²) >= 11 is 0.